The SMILES string of the molecule is CCc1ccccc1OCC(=O)NNC(=O)CCCc1ccc(C)cc1. The van der Waals surface area contributed by atoms with Crippen LogP contribution in [0.2, 0.25) is 0 Å². The van der Waals surface area contributed by atoms with E-state index in [1.54, 1.807) is 0 Å². The van der Waals surface area contributed by atoms with E-state index < -0.39 is 0 Å². The van der Waals surface area contributed by atoms with Gasteiger partial charge in [-0.2, -0.15) is 0 Å². The number of nitrogens with one attached hydrogen (secondary N) is 2. The van der Waals surface area contributed by atoms with E-state index in [0.717, 1.165) is 24.8 Å². The van der Waals surface area contributed by atoms with Crippen LogP contribution < -0.4 is 15.6 Å². The van der Waals surface area contributed by atoms with E-state index in [1.165, 1.54) is 11.1 Å². The van der Waals surface area contributed by atoms with Crippen LogP contribution in [0, 0.1) is 6.92 Å². The van der Waals surface area contributed by atoms with Crippen molar-refractivity contribution in [3.05, 3.63) is 65.2 Å². The molecule has 5 nitrogen and oxygen atoms in total. The average molecular weight is 354 g/mol. The molecule has 0 radical (unpaired) electrons. The Morgan fingerprint density at radius 3 is 2.38 bits per heavy atom. The Morgan fingerprint density at radius 1 is 0.962 bits per heavy atom. The maximum absolute atomic E-state index is 11.8. The van der Waals surface area contributed by atoms with E-state index in [-0.39, 0.29) is 18.4 Å². The predicted molar refractivity (Wildman–Crippen MR) is 102 cm³/mol. The summed E-state index contributed by atoms with van der Waals surface area (Å²) in [6.45, 7) is 3.93. The second-order valence-electron chi connectivity index (χ2n) is 6.19. The fraction of sp³-hybridized carbons (Fsp3) is 0.333. The second kappa shape index (κ2) is 10.2. The standard InChI is InChI=1S/C21H26N2O3/c1-3-18-8-4-5-9-19(18)26-15-21(25)23-22-20(24)10-6-7-17-13-11-16(2)12-14-17/h4-5,8-9,11-14H,3,6-7,10,15H2,1-2H3,(H,22,24)(H,23,25). The summed E-state index contributed by atoms with van der Waals surface area (Å²) >= 11 is 0. The molecule has 0 aliphatic carbocycles. The quantitative estimate of drug-likeness (QED) is 0.716. The molecule has 0 atom stereocenters. The highest BCUT2D eigenvalue weighted by molar-refractivity contribution is 5.82. The Hall–Kier alpha value is -2.82. The van der Waals surface area contributed by atoms with Crippen LogP contribution in [-0.4, -0.2) is 18.4 Å². The molecule has 0 fully saturated rings. The first-order chi connectivity index (χ1) is 12.6. The van der Waals surface area contributed by atoms with Crippen molar-refractivity contribution >= 4 is 11.8 Å². The Balaban J connectivity index is 1.63. The Bertz CT molecular complexity index is 726. The third-order valence-corrected chi connectivity index (χ3v) is 4.04. The molecular formula is C21H26N2O3. The topological polar surface area (TPSA) is 67.4 Å². The minimum atomic E-state index is -0.386. The van der Waals surface area contributed by atoms with Crippen molar-refractivity contribution in [1.82, 2.24) is 10.9 Å². The zero-order valence-corrected chi connectivity index (χ0v) is 15.4. The largest absolute Gasteiger partial charge is 0.483 e. The number of ether oxygens (including phenoxy) is 1. The normalized spacial score (nSPS) is 10.2. The maximum atomic E-state index is 11.8. The first-order valence-corrected chi connectivity index (χ1v) is 8.92. The first kappa shape index (κ1) is 19.5. The molecule has 0 unspecified atom stereocenters. The lowest BCUT2D eigenvalue weighted by Gasteiger charge is -2.11. The van der Waals surface area contributed by atoms with E-state index >= 15 is 0 Å². The summed E-state index contributed by atoms with van der Waals surface area (Å²) in [5, 5.41) is 0. The first-order valence-electron chi connectivity index (χ1n) is 8.92. The number of benzene rings is 2. The fourth-order valence-electron chi connectivity index (χ4n) is 2.53. The van der Waals surface area contributed by atoms with Crippen LogP contribution >= 0.6 is 0 Å². The molecule has 2 aromatic carbocycles. The number of rotatable bonds is 8. The molecule has 0 heterocycles. The van der Waals surface area contributed by atoms with Gasteiger partial charge in [-0.05, 0) is 43.4 Å². The summed E-state index contributed by atoms with van der Waals surface area (Å²) in [4.78, 5) is 23.6. The number of carbonyl (C=O) groups is 2. The van der Waals surface area contributed by atoms with E-state index in [0.29, 0.717) is 12.2 Å². The van der Waals surface area contributed by atoms with Gasteiger partial charge in [0.2, 0.25) is 5.91 Å². The average Bonchev–Trinajstić information content (AvgIpc) is 2.66. The van der Waals surface area contributed by atoms with Crippen molar-refractivity contribution in [2.45, 2.75) is 39.5 Å². The van der Waals surface area contributed by atoms with Crippen molar-refractivity contribution < 1.29 is 14.3 Å². The van der Waals surface area contributed by atoms with Gasteiger partial charge in [0.05, 0.1) is 0 Å². The van der Waals surface area contributed by atoms with E-state index in [4.69, 9.17) is 4.74 Å². The molecule has 138 valence electrons. The van der Waals surface area contributed by atoms with Crippen LogP contribution in [0.3, 0.4) is 0 Å². The van der Waals surface area contributed by atoms with E-state index in [1.807, 2.05) is 38.1 Å². The molecule has 5 heteroatoms. The number of hydrazine groups is 1. The smallest absolute Gasteiger partial charge is 0.276 e. The van der Waals surface area contributed by atoms with Gasteiger partial charge in [-0.25, -0.2) is 0 Å². The molecule has 0 spiro atoms. The molecule has 0 bridgehead atoms. The molecule has 0 saturated carbocycles. The second-order valence-corrected chi connectivity index (χ2v) is 6.19. The van der Waals surface area contributed by atoms with Crippen molar-refractivity contribution in [3.8, 4) is 5.75 Å². The number of para-hydroxylation sites is 1. The van der Waals surface area contributed by atoms with Crippen LogP contribution in [-0.2, 0) is 22.4 Å². The molecule has 0 aliphatic heterocycles. The van der Waals surface area contributed by atoms with Gasteiger partial charge in [-0.1, -0.05) is 55.0 Å². The monoisotopic (exact) mass is 354 g/mol. The number of amides is 2. The number of carbonyl (C=O) groups excluding carboxylic acids is 2. The van der Waals surface area contributed by atoms with Crippen molar-refractivity contribution in [2.75, 3.05) is 6.61 Å². The molecule has 2 aromatic rings. The molecule has 0 aliphatic rings. The van der Waals surface area contributed by atoms with Gasteiger partial charge in [0.15, 0.2) is 6.61 Å². The van der Waals surface area contributed by atoms with Crippen molar-refractivity contribution in [2.24, 2.45) is 0 Å². The highest BCUT2D eigenvalue weighted by Gasteiger charge is 2.07. The molecule has 0 aromatic heterocycles. The minimum absolute atomic E-state index is 0.138. The molecular weight excluding hydrogens is 328 g/mol. The zero-order chi connectivity index (χ0) is 18.8. The number of hydrogen-bond donors (Lipinski definition) is 2. The Morgan fingerprint density at radius 2 is 1.65 bits per heavy atom. The molecule has 0 saturated heterocycles. The molecule has 2 amide bonds. The Kier molecular flexibility index (Phi) is 7.68. The molecule has 2 N–H and O–H groups in total. The lowest BCUT2D eigenvalue weighted by molar-refractivity contribution is -0.130. The van der Waals surface area contributed by atoms with Gasteiger partial charge < -0.3 is 4.74 Å². The Labute approximate surface area is 154 Å². The molecule has 26 heavy (non-hydrogen) atoms. The van der Waals surface area contributed by atoms with E-state index in [2.05, 4.69) is 35.1 Å². The summed E-state index contributed by atoms with van der Waals surface area (Å²) in [7, 11) is 0. The number of hydrogen-bond acceptors (Lipinski definition) is 3. The lowest BCUT2D eigenvalue weighted by atomic mass is 10.1. The maximum Gasteiger partial charge on any atom is 0.276 e. The van der Waals surface area contributed by atoms with Crippen LogP contribution in [0.5, 0.6) is 5.75 Å². The van der Waals surface area contributed by atoms with Crippen LogP contribution in [0.25, 0.3) is 0 Å². The van der Waals surface area contributed by atoms with Gasteiger partial charge >= 0.3 is 0 Å². The van der Waals surface area contributed by atoms with E-state index in [9.17, 15) is 9.59 Å². The lowest BCUT2D eigenvalue weighted by Crippen LogP contribution is -2.43. The van der Waals surface area contributed by atoms with Crippen LogP contribution in [0.15, 0.2) is 48.5 Å². The van der Waals surface area contributed by atoms with Gasteiger partial charge in [0.25, 0.3) is 5.91 Å². The van der Waals surface area contributed by atoms with Crippen molar-refractivity contribution in [1.29, 1.82) is 0 Å². The fourth-order valence-corrected chi connectivity index (χ4v) is 2.53. The third-order valence-electron chi connectivity index (χ3n) is 4.04. The highest BCUT2D eigenvalue weighted by Crippen LogP contribution is 2.17. The third kappa shape index (κ3) is 6.59. The molecule has 2 rings (SSSR count). The van der Waals surface area contributed by atoms with Gasteiger partial charge in [-0.15, -0.1) is 0 Å². The van der Waals surface area contributed by atoms with Gasteiger partial charge in [0, 0.05) is 6.42 Å². The summed E-state index contributed by atoms with van der Waals surface area (Å²) < 4.78 is 5.51. The minimum Gasteiger partial charge on any atom is -0.483 e. The summed E-state index contributed by atoms with van der Waals surface area (Å²) in [6, 6.07) is 15.9. The summed E-state index contributed by atoms with van der Waals surface area (Å²) in [5.41, 5.74) is 8.27. The number of aryl methyl sites for hydroxylation is 3. The predicted octanol–water partition coefficient (Wildman–Crippen LogP) is 3.11. The van der Waals surface area contributed by atoms with Crippen molar-refractivity contribution in [3.63, 3.8) is 0 Å². The van der Waals surface area contributed by atoms with Crippen LogP contribution in [0.4, 0.5) is 0 Å². The van der Waals surface area contributed by atoms with Gasteiger partial charge in [0.1, 0.15) is 5.75 Å². The summed E-state index contributed by atoms with van der Waals surface area (Å²) in [5.74, 6) is 0.0942. The van der Waals surface area contributed by atoms with Gasteiger partial charge in [-0.3, -0.25) is 20.4 Å². The highest BCUT2D eigenvalue weighted by atomic mass is 16.5. The van der Waals surface area contributed by atoms with Crippen LogP contribution in [0.1, 0.15) is 36.5 Å². The summed E-state index contributed by atoms with van der Waals surface area (Å²) in [6.07, 6.45) is 2.74. The zero-order valence-electron chi connectivity index (χ0n) is 15.4.